The predicted octanol–water partition coefficient (Wildman–Crippen LogP) is 4.42. The highest BCUT2D eigenvalue weighted by atomic mass is 16.5. The van der Waals surface area contributed by atoms with Crippen molar-refractivity contribution in [1.29, 1.82) is 0 Å². The van der Waals surface area contributed by atoms with Gasteiger partial charge in [-0.3, -0.25) is 14.6 Å². The van der Waals surface area contributed by atoms with E-state index < -0.39 is 5.91 Å². The Labute approximate surface area is 166 Å². The Hall–Kier alpha value is -3.93. The fraction of sp³-hybridized carbons (Fsp3) is 0.0870. The van der Waals surface area contributed by atoms with Gasteiger partial charge in [0.2, 0.25) is 0 Å². The van der Waals surface area contributed by atoms with E-state index in [1.807, 2.05) is 30.3 Å². The van der Waals surface area contributed by atoms with E-state index in [4.69, 9.17) is 9.15 Å². The van der Waals surface area contributed by atoms with Crippen molar-refractivity contribution in [2.75, 3.05) is 12.4 Å². The Bertz CT molecular complexity index is 1260. The van der Waals surface area contributed by atoms with Crippen molar-refractivity contribution < 1.29 is 13.9 Å². The molecule has 1 amide bonds. The summed E-state index contributed by atoms with van der Waals surface area (Å²) < 4.78 is 11.4. The highest BCUT2D eigenvalue weighted by Gasteiger charge is 2.19. The van der Waals surface area contributed by atoms with Gasteiger partial charge in [-0.05, 0) is 19.1 Å². The normalized spacial score (nSPS) is 10.7. The van der Waals surface area contributed by atoms with Gasteiger partial charge in [0.1, 0.15) is 17.2 Å². The molecule has 0 unspecified atom stereocenters. The van der Waals surface area contributed by atoms with Crippen LogP contribution in [0.2, 0.25) is 0 Å². The average Bonchev–Trinajstić information content (AvgIpc) is 2.76. The molecular weight excluding hydrogens is 368 g/mol. The van der Waals surface area contributed by atoms with Gasteiger partial charge in [0.25, 0.3) is 5.91 Å². The van der Waals surface area contributed by atoms with Crippen molar-refractivity contribution in [3.8, 4) is 17.1 Å². The Balaban J connectivity index is 1.86. The van der Waals surface area contributed by atoms with Gasteiger partial charge in [0.15, 0.2) is 11.0 Å². The number of rotatable bonds is 4. The molecule has 0 radical (unpaired) electrons. The van der Waals surface area contributed by atoms with Crippen LogP contribution in [-0.2, 0) is 0 Å². The van der Waals surface area contributed by atoms with Crippen molar-refractivity contribution in [2.24, 2.45) is 0 Å². The third-order valence-corrected chi connectivity index (χ3v) is 4.67. The van der Waals surface area contributed by atoms with E-state index in [-0.39, 0.29) is 16.6 Å². The van der Waals surface area contributed by atoms with Crippen LogP contribution in [0.25, 0.3) is 22.3 Å². The highest BCUT2D eigenvalue weighted by Crippen LogP contribution is 2.28. The fourth-order valence-electron chi connectivity index (χ4n) is 3.20. The molecule has 144 valence electrons. The summed E-state index contributed by atoms with van der Waals surface area (Å²) in [5, 5.41) is 3.13. The first-order valence-electron chi connectivity index (χ1n) is 9.01. The molecule has 29 heavy (non-hydrogen) atoms. The van der Waals surface area contributed by atoms with Gasteiger partial charge in [0.05, 0.1) is 24.3 Å². The number of anilines is 1. The van der Waals surface area contributed by atoms with Crippen molar-refractivity contribution >= 4 is 22.6 Å². The van der Waals surface area contributed by atoms with Crippen LogP contribution in [-0.4, -0.2) is 18.0 Å². The zero-order valence-electron chi connectivity index (χ0n) is 15.9. The summed E-state index contributed by atoms with van der Waals surface area (Å²) in [4.78, 5) is 29.9. The topological polar surface area (TPSA) is 81.4 Å². The molecule has 0 aliphatic heterocycles. The summed E-state index contributed by atoms with van der Waals surface area (Å²) >= 11 is 0. The zero-order chi connectivity index (χ0) is 20.4. The second-order valence-corrected chi connectivity index (χ2v) is 6.46. The molecule has 2 aromatic carbocycles. The van der Waals surface area contributed by atoms with E-state index in [1.165, 1.54) is 13.3 Å². The lowest BCUT2D eigenvalue weighted by Crippen LogP contribution is -2.15. The van der Waals surface area contributed by atoms with E-state index in [2.05, 4.69) is 10.3 Å². The summed E-state index contributed by atoms with van der Waals surface area (Å²) in [6.45, 7) is 1.72. The molecule has 1 N–H and O–H groups in total. The largest absolute Gasteiger partial charge is 0.494 e. The van der Waals surface area contributed by atoms with Gasteiger partial charge in [0, 0.05) is 23.4 Å². The van der Waals surface area contributed by atoms with Crippen LogP contribution in [0, 0.1) is 6.92 Å². The molecule has 0 aliphatic carbocycles. The minimum Gasteiger partial charge on any atom is -0.494 e. The first-order chi connectivity index (χ1) is 14.1. The number of fused-ring (bicyclic) bond motifs is 1. The quantitative estimate of drug-likeness (QED) is 0.561. The van der Waals surface area contributed by atoms with Crippen molar-refractivity contribution in [3.05, 3.63) is 88.3 Å². The number of aromatic nitrogens is 1. The number of ether oxygens (including phenoxy) is 1. The van der Waals surface area contributed by atoms with Crippen LogP contribution in [0.1, 0.15) is 15.9 Å². The summed E-state index contributed by atoms with van der Waals surface area (Å²) in [6, 6.07) is 15.9. The monoisotopic (exact) mass is 386 g/mol. The standard InChI is InChI=1S/C23H18N2O4/c1-14-20(26)16-9-6-10-17(22(16)29-21(14)15-7-4-3-5-8-15)23(27)25-18-13-24-12-11-19(18)28-2/h3-13H,1-2H3,(H,25,27). The van der Waals surface area contributed by atoms with Crippen molar-refractivity contribution in [3.63, 3.8) is 0 Å². The summed E-state index contributed by atoms with van der Waals surface area (Å²) in [5.74, 6) is 0.506. The lowest BCUT2D eigenvalue weighted by atomic mass is 10.0. The number of methoxy groups -OCH3 is 1. The van der Waals surface area contributed by atoms with Crippen molar-refractivity contribution in [2.45, 2.75) is 6.92 Å². The minimum atomic E-state index is -0.423. The molecule has 2 heterocycles. The molecule has 4 aromatic rings. The van der Waals surface area contributed by atoms with Crippen LogP contribution in [0.4, 0.5) is 5.69 Å². The molecule has 0 saturated heterocycles. The molecule has 0 bridgehead atoms. The Morgan fingerprint density at radius 1 is 1.07 bits per heavy atom. The molecular formula is C23H18N2O4. The number of para-hydroxylation sites is 1. The van der Waals surface area contributed by atoms with Crippen molar-refractivity contribution in [1.82, 2.24) is 4.98 Å². The number of carbonyl (C=O) groups is 1. The zero-order valence-corrected chi connectivity index (χ0v) is 15.9. The fourth-order valence-corrected chi connectivity index (χ4v) is 3.20. The first kappa shape index (κ1) is 18.4. The molecule has 0 fully saturated rings. The number of amides is 1. The third kappa shape index (κ3) is 3.36. The Kier molecular flexibility index (Phi) is 4.83. The van der Waals surface area contributed by atoms with Crippen LogP contribution in [0.5, 0.6) is 5.75 Å². The van der Waals surface area contributed by atoms with Gasteiger partial charge in [-0.15, -0.1) is 0 Å². The summed E-state index contributed by atoms with van der Waals surface area (Å²) in [5.41, 5.74) is 2.02. The maximum Gasteiger partial charge on any atom is 0.259 e. The summed E-state index contributed by atoms with van der Waals surface area (Å²) in [7, 11) is 1.51. The third-order valence-electron chi connectivity index (χ3n) is 4.67. The van der Waals surface area contributed by atoms with Gasteiger partial charge in [-0.2, -0.15) is 0 Å². The predicted molar refractivity (Wildman–Crippen MR) is 111 cm³/mol. The van der Waals surface area contributed by atoms with Crippen LogP contribution in [0.3, 0.4) is 0 Å². The van der Waals surface area contributed by atoms with E-state index in [0.717, 1.165) is 5.56 Å². The number of carbonyl (C=O) groups excluding carboxylic acids is 1. The maximum absolute atomic E-state index is 13.0. The number of nitrogens with zero attached hydrogens (tertiary/aromatic N) is 1. The van der Waals surface area contributed by atoms with E-state index in [0.29, 0.717) is 28.1 Å². The number of hydrogen-bond donors (Lipinski definition) is 1. The van der Waals surface area contributed by atoms with Gasteiger partial charge < -0.3 is 14.5 Å². The van der Waals surface area contributed by atoms with E-state index >= 15 is 0 Å². The number of hydrogen-bond acceptors (Lipinski definition) is 5. The molecule has 6 nitrogen and oxygen atoms in total. The molecule has 4 rings (SSSR count). The molecule has 2 aromatic heterocycles. The average molecular weight is 386 g/mol. The summed E-state index contributed by atoms with van der Waals surface area (Å²) in [6.07, 6.45) is 3.07. The Morgan fingerprint density at radius 2 is 1.86 bits per heavy atom. The Morgan fingerprint density at radius 3 is 2.62 bits per heavy atom. The second kappa shape index (κ2) is 7.59. The molecule has 0 saturated carbocycles. The second-order valence-electron chi connectivity index (χ2n) is 6.46. The molecule has 0 aliphatic rings. The van der Waals surface area contributed by atoms with Gasteiger partial charge >= 0.3 is 0 Å². The van der Waals surface area contributed by atoms with Gasteiger partial charge in [-0.25, -0.2) is 0 Å². The molecule has 0 atom stereocenters. The van der Waals surface area contributed by atoms with E-state index in [1.54, 1.807) is 37.4 Å². The van der Waals surface area contributed by atoms with E-state index in [9.17, 15) is 9.59 Å². The van der Waals surface area contributed by atoms with Crippen LogP contribution < -0.4 is 15.5 Å². The highest BCUT2D eigenvalue weighted by molar-refractivity contribution is 6.11. The smallest absolute Gasteiger partial charge is 0.259 e. The van der Waals surface area contributed by atoms with Crippen LogP contribution >= 0.6 is 0 Å². The number of pyridine rings is 1. The maximum atomic E-state index is 13.0. The SMILES string of the molecule is COc1ccncc1NC(=O)c1cccc2c(=O)c(C)c(-c3ccccc3)oc12. The number of benzene rings is 2. The number of nitrogens with one attached hydrogen (secondary N) is 1. The molecule has 6 heteroatoms. The minimum absolute atomic E-state index is 0.168. The lowest BCUT2D eigenvalue weighted by Gasteiger charge is -2.12. The molecule has 0 spiro atoms. The van der Waals surface area contributed by atoms with Gasteiger partial charge in [-0.1, -0.05) is 36.4 Å². The first-order valence-corrected chi connectivity index (χ1v) is 9.01. The lowest BCUT2D eigenvalue weighted by molar-refractivity contribution is 0.102. The van der Waals surface area contributed by atoms with Crippen LogP contribution in [0.15, 0.2) is 76.2 Å².